The molecule has 0 saturated carbocycles. The number of rotatable bonds is 9. The summed E-state index contributed by atoms with van der Waals surface area (Å²) < 4.78 is 2.01. The first-order valence-corrected chi connectivity index (χ1v) is 11.8. The number of nitrogens with one attached hydrogen (secondary N) is 1. The van der Waals surface area contributed by atoms with Crippen LogP contribution in [0.25, 0.3) is 11.4 Å². The van der Waals surface area contributed by atoms with E-state index in [2.05, 4.69) is 32.6 Å². The van der Waals surface area contributed by atoms with Crippen LogP contribution in [0.1, 0.15) is 27.0 Å². The Bertz CT molecular complexity index is 1210. The summed E-state index contributed by atoms with van der Waals surface area (Å²) >= 11 is 2.77. The maximum Gasteiger partial charge on any atom is 0.217 e. The predicted octanol–water partition coefficient (Wildman–Crippen LogP) is 4.06. The molecule has 0 fully saturated rings. The van der Waals surface area contributed by atoms with Crippen molar-refractivity contribution in [2.75, 3.05) is 5.75 Å². The van der Waals surface area contributed by atoms with Crippen LogP contribution in [0.4, 0.5) is 0 Å². The monoisotopic (exact) mass is 463 g/mol. The van der Waals surface area contributed by atoms with Crippen molar-refractivity contribution in [3.8, 4) is 11.4 Å². The van der Waals surface area contributed by atoms with Gasteiger partial charge in [0.1, 0.15) is 0 Å². The van der Waals surface area contributed by atoms with Crippen molar-refractivity contribution in [3.05, 3.63) is 82.3 Å². The predicted molar refractivity (Wildman–Crippen MR) is 126 cm³/mol. The molecule has 7 nitrogen and oxygen atoms in total. The van der Waals surface area contributed by atoms with Crippen molar-refractivity contribution < 1.29 is 9.59 Å². The normalized spacial score (nSPS) is 10.8. The SMILES string of the molecule is CC(=O)NCc1ccc(C(=O)CSc2nnc(-c3cccnc3)n2Cc2ccccc2)s1. The van der Waals surface area contributed by atoms with Crippen LogP contribution in [-0.4, -0.2) is 37.2 Å². The summed E-state index contributed by atoms with van der Waals surface area (Å²) in [4.78, 5) is 29.6. The van der Waals surface area contributed by atoms with Crippen LogP contribution in [0.15, 0.2) is 72.1 Å². The molecule has 0 spiro atoms. The Morgan fingerprint density at radius 2 is 1.91 bits per heavy atom. The second-order valence-corrected chi connectivity index (χ2v) is 9.12. The van der Waals surface area contributed by atoms with Crippen LogP contribution >= 0.6 is 23.1 Å². The van der Waals surface area contributed by atoms with Crippen molar-refractivity contribution in [3.63, 3.8) is 0 Å². The maximum atomic E-state index is 12.8. The number of hydrogen-bond acceptors (Lipinski definition) is 7. The van der Waals surface area contributed by atoms with E-state index in [0.717, 1.165) is 16.0 Å². The van der Waals surface area contributed by atoms with Crippen molar-refractivity contribution in [1.82, 2.24) is 25.1 Å². The minimum Gasteiger partial charge on any atom is -0.351 e. The van der Waals surface area contributed by atoms with Gasteiger partial charge in [-0.25, -0.2) is 0 Å². The van der Waals surface area contributed by atoms with Gasteiger partial charge in [0.15, 0.2) is 16.8 Å². The smallest absolute Gasteiger partial charge is 0.217 e. The molecule has 4 rings (SSSR count). The quantitative estimate of drug-likeness (QED) is 0.297. The zero-order chi connectivity index (χ0) is 22.3. The summed E-state index contributed by atoms with van der Waals surface area (Å²) in [5, 5.41) is 12.2. The molecule has 3 heterocycles. The molecule has 0 aliphatic heterocycles. The number of thioether (sulfide) groups is 1. The number of nitrogens with zero attached hydrogens (tertiary/aromatic N) is 4. The van der Waals surface area contributed by atoms with E-state index in [0.29, 0.717) is 28.9 Å². The number of carbonyl (C=O) groups is 2. The second kappa shape index (κ2) is 10.3. The first-order valence-electron chi connectivity index (χ1n) is 9.97. The molecule has 32 heavy (non-hydrogen) atoms. The van der Waals surface area contributed by atoms with Gasteiger partial charge in [-0.2, -0.15) is 0 Å². The molecule has 0 aliphatic carbocycles. The molecule has 1 N–H and O–H groups in total. The number of carbonyl (C=O) groups excluding carboxylic acids is 2. The van der Waals surface area contributed by atoms with Gasteiger partial charge in [-0.1, -0.05) is 42.1 Å². The van der Waals surface area contributed by atoms with Crippen LogP contribution in [0.3, 0.4) is 0 Å². The Balaban J connectivity index is 1.51. The average Bonchev–Trinajstić information content (AvgIpc) is 3.45. The summed E-state index contributed by atoms with van der Waals surface area (Å²) in [6, 6.07) is 17.6. The highest BCUT2D eigenvalue weighted by Crippen LogP contribution is 2.26. The van der Waals surface area contributed by atoms with Gasteiger partial charge in [0.25, 0.3) is 0 Å². The molecule has 4 aromatic rings. The highest BCUT2D eigenvalue weighted by atomic mass is 32.2. The zero-order valence-electron chi connectivity index (χ0n) is 17.4. The van der Waals surface area contributed by atoms with E-state index in [1.165, 1.54) is 30.0 Å². The molecule has 0 radical (unpaired) electrons. The molecule has 162 valence electrons. The first kappa shape index (κ1) is 21.9. The van der Waals surface area contributed by atoms with Gasteiger partial charge in [0.2, 0.25) is 5.91 Å². The highest BCUT2D eigenvalue weighted by Gasteiger charge is 2.17. The third kappa shape index (κ3) is 5.49. The Kier molecular flexibility index (Phi) is 7.08. The average molecular weight is 464 g/mol. The number of aromatic nitrogens is 4. The third-order valence-electron chi connectivity index (χ3n) is 4.60. The number of amides is 1. The van der Waals surface area contributed by atoms with Crippen molar-refractivity contribution in [2.24, 2.45) is 0 Å². The molecule has 1 amide bonds. The molecular weight excluding hydrogens is 442 g/mol. The number of benzene rings is 1. The molecule has 9 heteroatoms. The Morgan fingerprint density at radius 1 is 1.06 bits per heavy atom. The van der Waals surface area contributed by atoms with Gasteiger partial charge in [-0.05, 0) is 29.8 Å². The maximum absolute atomic E-state index is 12.8. The molecule has 0 saturated heterocycles. The lowest BCUT2D eigenvalue weighted by Gasteiger charge is -2.10. The first-order chi connectivity index (χ1) is 15.6. The summed E-state index contributed by atoms with van der Waals surface area (Å²) in [5.74, 6) is 0.890. The van der Waals surface area contributed by atoms with Crippen LogP contribution in [-0.2, 0) is 17.9 Å². The zero-order valence-corrected chi connectivity index (χ0v) is 19.0. The molecule has 3 aromatic heterocycles. The number of thiophene rings is 1. The largest absolute Gasteiger partial charge is 0.351 e. The molecule has 0 unspecified atom stereocenters. The van der Waals surface area contributed by atoms with E-state index < -0.39 is 0 Å². The lowest BCUT2D eigenvalue weighted by atomic mass is 10.2. The van der Waals surface area contributed by atoms with E-state index in [9.17, 15) is 9.59 Å². The third-order valence-corrected chi connectivity index (χ3v) is 6.69. The number of Topliss-reactive ketones (excluding diaryl/α,β-unsaturated/α-hetero) is 1. The molecule has 1 aromatic carbocycles. The highest BCUT2D eigenvalue weighted by molar-refractivity contribution is 7.99. The minimum absolute atomic E-state index is 0.0197. The van der Waals surface area contributed by atoms with Gasteiger partial charge in [0.05, 0.1) is 23.7 Å². The fraction of sp³-hybridized carbons (Fsp3) is 0.174. The van der Waals surface area contributed by atoms with Crippen LogP contribution in [0, 0.1) is 0 Å². The van der Waals surface area contributed by atoms with E-state index in [1.54, 1.807) is 18.5 Å². The molecule has 0 bridgehead atoms. The Morgan fingerprint density at radius 3 is 2.66 bits per heavy atom. The molecule has 0 aliphatic rings. The van der Waals surface area contributed by atoms with Crippen LogP contribution < -0.4 is 5.32 Å². The van der Waals surface area contributed by atoms with E-state index >= 15 is 0 Å². The number of hydrogen-bond donors (Lipinski definition) is 1. The lowest BCUT2D eigenvalue weighted by Crippen LogP contribution is -2.18. The van der Waals surface area contributed by atoms with Crippen LogP contribution in [0.5, 0.6) is 0 Å². The van der Waals surface area contributed by atoms with Gasteiger partial charge in [-0.15, -0.1) is 21.5 Å². The van der Waals surface area contributed by atoms with Gasteiger partial charge in [0, 0.05) is 29.8 Å². The Hall–Kier alpha value is -3.30. The molecule has 0 atom stereocenters. The Labute approximate surface area is 193 Å². The standard InChI is InChI=1S/C23H21N5O2S2/c1-16(29)25-13-19-9-10-21(32-19)20(30)15-31-23-27-26-22(18-8-5-11-24-12-18)28(23)14-17-6-3-2-4-7-17/h2-12H,13-15H2,1H3,(H,25,29). The lowest BCUT2D eigenvalue weighted by molar-refractivity contribution is -0.119. The fourth-order valence-electron chi connectivity index (χ4n) is 3.05. The van der Waals surface area contributed by atoms with E-state index in [4.69, 9.17) is 0 Å². The molecular formula is C23H21N5O2S2. The number of pyridine rings is 1. The van der Waals surface area contributed by atoms with Crippen molar-refractivity contribution >= 4 is 34.8 Å². The summed E-state index contributed by atoms with van der Waals surface area (Å²) in [5.41, 5.74) is 1.99. The second-order valence-electron chi connectivity index (χ2n) is 7.01. The van der Waals surface area contributed by atoms with Crippen molar-refractivity contribution in [1.29, 1.82) is 0 Å². The summed E-state index contributed by atoms with van der Waals surface area (Å²) in [6.45, 7) is 2.50. The van der Waals surface area contributed by atoms with Gasteiger partial charge in [-0.3, -0.25) is 19.1 Å². The van der Waals surface area contributed by atoms with Gasteiger partial charge >= 0.3 is 0 Å². The van der Waals surface area contributed by atoms with E-state index in [1.807, 2.05) is 41.0 Å². The topological polar surface area (TPSA) is 89.8 Å². The minimum atomic E-state index is -0.0935. The summed E-state index contributed by atoms with van der Waals surface area (Å²) in [6.07, 6.45) is 3.48. The van der Waals surface area contributed by atoms with Gasteiger partial charge < -0.3 is 5.32 Å². The van der Waals surface area contributed by atoms with Crippen LogP contribution in [0.2, 0.25) is 0 Å². The van der Waals surface area contributed by atoms with E-state index in [-0.39, 0.29) is 17.4 Å². The summed E-state index contributed by atoms with van der Waals surface area (Å²) in [7, 11) is 0. The number of ketones is 1. The fourth-order valence-corrected chi connectivity index (χ4v) is 4.85. The van der Waals surface area contributed by atoms with Crippen molar-refractivity contribution in [2.45, 2.75) is 25.2 Å².